The molecule has 1 atom stereocenters. The van der Waals surface area contributed by atoms with E-state index in [9.17, 15) is 18.0 Å². The Labute approximate surface area is 266 Å². The summed E-state index contributed by atoms with van der Waals surface area (Å²) < 4.78 is 39.7. The molecule has 6 nitrogen and oxygen atoms in total. The smallest absolute Gasteiger partial charge is 0.343 e. The van der Waals surface area contributed by atoms with E-state index >= 15 is 0 Å². The minimum Gasteiger partial charge on any atom is -0.343 e. The number of aromatic nitrogens is 3. The monoisotopic (exact) mass is 649 g/mol. The van der Waals surface area contributed by atoms with Crippen molar-refractivity contribution in [2.24, 2.45) is 11.5 Å². The van der Waals surface area contributed by atoms with Crippen molar-refractivity contribution in [2.45, 2.75) is 102 Å². The normalized spacial score (nSPS) is 13.1. The molecule has 4 rings (SSSR count). The van der Waals surface area contributed by atoms with E-state index < -0.39 is 5.51 Å². The van der Waals surface area contributed by atoms with Gasteiger partial charge in [-0.3, -0.25) is 4.57 Å². The van der Waals surface area contributed by atoms with E-state index in [1.165, 1.54) is 0 Å². The Kier molecular flexibility index (Phi) is 11.4. The van der Waals surface area contributed by atoms with Crippen LogP contribution < -0.4 is 17.2 Å². The van der Waals surface area contributed by atoms with Crippen LogP contribution in [0.5, 0.6) is 0 Å². The zero-order valence-electron chi connectivity index (χ0n) is 26.4. The summed E-state index contributed by atoms with van der Waals surface area (Å²) in [6, 6.07) is 13.2. The fraction of sp³-hybridized carbons (Fsp3) is 0.455. The van der Waals surface area contributed by atoms with E-state index in [0.717, 1.165) is 46.3 Å². The Morgan fingerprint density at radius 2 is 1.64 bits per heavy atom. The highest BCUT2D eigenvalue weighted by molar-refractivity contribution is 8.00. The van der Waals surface area contributed by atoms with Gasteiger partial charge in [-0.1, -0.05) is 71.3 Å². The van der Waals surface area contributed by atoms with Crippen molar-refractivity contribution in [1.29, 1.82) is 0 Å². The van der Waals surface area contributed by atoms with Gasteiger partial charge in [-0.15, -0.1) is 0 Å². The molecule has 0 aliphatic heterocycles. The number of aryl methyl sites for hydroxylation is 1. The van der Waals surface area contributed by atoms with Crippen molar-refractivity contribution in [2.75, 3.05) is 0 Å². The molecule has 0 amide bonds. The van der Waals surface area contributed by atoms with Crippen molar-refractivity contribution in [1.82, 2.24) is 14.5 Å². The molecule has 0 spiro atoms. The number of alkyl halides is 3. The van der Waals surface area contributed by atoms with Crippen LogP contribution in [0.4, 0.5) is 13.2 Å². The third-order valence-corrected chi connectivity index (χ3v) is 8.32. The minimum atomic E-state index is -4.34. The summed E-state index contributed by atoms with van der Waals surface area (Å²) in [5.74, 6) is 0. The molecule has 4 aromatic rings. The third-order valence-electron chi connectivity index (χ3n) is 7.02. The van der Waals surface area contributed by atoms with E-state index in [1.807, 2.05) is 70.3 Å². The molecule has 0 saturated carbocycles. The Morgan fingerprint density at radius 1 is 1.00 bits per heavy atom. The van der Waals surface area contributed by atoms with Crippen LogP contribution in [0, 0.1) is 0 Å². The first-order chi connectivity index (χ1) is 20.3. The summed E-state index contributed by atoms with van der Waals surface area (Å²) in [6.07, 6.45) is 4.22. The number of H-pyrrole nitrogens is 1. The van der Waals surface area contributed by atoms with Gasteiger partial charge in [0.15, 0.2) is 0 Å². The van der Waals surface area contributed by atoms with Crippen LogP contribution in [-0.4, -0.2) is 26.1 Å². The molecule has 44 heavy (non-hydrogen) atoms. The largest absolute Gasteiger partial charge is 0.446 e. The number of thioether (sulfide) groups is 1. The van der Waals surface area contributed by atoms with Gasteiger partial charge in [-0.2, -0.15) is 18.2 Å². The molecule has 2 aromatic heterocycles. The molecule has 5 N–H and O–H groups in total. The third kappa shape index (κ3) is 9.86. The second-order valence-electron chi connectivity index (χ2n) is 13.1. The molecule has 0 aliphatic carbocycles. The minimum absolute atomic E-state index is 0.0165. The highest BCUT2D eigenvalue weighted by Gasteiger charge is 2.32. The zero-order chi connectivity index (χ0) is 33.0. The lowest BCUT2D eigenvalue weighted by Gasteiger charge is -2.24. The molecule has 0 saturated heterocycles. The predicted octanol–water partition coefficient (Wildman–Crippen LogP) is 8.39. The number of fused-ring (bicyclic) bond motifs is 1. The molecule has 11 heteroatoms. The summed E-state index contributed by atoms with van der Waals surface area (Å²) in [6.45, 7) is 14.6. The maximum Gasteiger partial charge on any atom is 0.446 e. The standard InChI is InChI=1S/C17H20N4O.C16H23ClF3NS/c1-17(2,3)14-8-12-10-21(16(22)20-15(12)19-14)13-6-4-11(9-18)5-7-13;1-10(21)6-5-7-11-8-12(15(2,3)4)14(17)13(9-11)22-16(18,19)20/h4-8,10H,9,18H2,1-3H3,(H,19,20,22);8-10H,5-7,21H2,1-4H3/t;10-/m.0/s1. The van der Waals surface area contributed by atoms with Crippen LogP contribution >= 0.6 is 23.4 Å². The van der Waals surface area contributed by atoms with Gasteiger partial charge in [0.2, 0.25) is 0 Å². The van der Waals surface area contributed by atoms with E-state index in [4.69, 9.17) is 23.1 Å². The summed E-state index contributed by atoms with van der Waals surface area (Å²) >= 11 is 6.07. The number of nitrogens with one attached hydrogen (secondary N) is 1. The predicted molar refractivity (Wildman–Crippen MR) is 177 cm³/mol. The summed E-state index contributed by atoms with van der Waals surface area (Å²) in [4.78, 5) is 19.7. The maximum atomic E-state index is 12.7. The lowest BCUT2D eigenvalue weighted by atomic mass is 9.85. The van der Waals surface area contributed by atoms with Crippen LogP contribution in [-0.2, 0) is 23.8 Å². The molecule has 0 unspecified atom stereocenters. The summed E-state index contributed by atoms with van der Waals surface area (Å²) in [5, 5.41) is 1.12. The lowest BCUT2D eigenvalue weighted by Crippen LogP contribution is -2.20. The molecule has 0 aliphatic rings. The van der Waals surface area contributed by atoms with E-state index in [1.54, 1.807) is 10.6 Å². The molecule has 0 radical (unpaired) electrons. The highest BCUT2D eigenvalue weighted by Crippen LogP contribution is 2.44. The molecular formula is C33H43ClF3N5OS. The molecular weight excluding hydrogens is 607 g/mol. The van der Waals surface area contributed by atoms with Crippen molar-refractivity contribution in [3.05, 3.63) is 86.6 Å². The van der Waals surface area contributed by atoms with Gasteiger partial charge in [0.05, 0.1) is 10.7 Å². The van der Waals surface area contributed by atoms with Crippen molar-refractivity contribution < 1.29 is 13.2 Å². The number of rotatable bonds is 7. The fourth-order valence-corrected chi connectivity index (χ4v) is 5.72. The Balaban J connectivity index is 0.000000240. The van der Waals surface area contributed by atoms with Gasteiger partial charge in [-0.25, -0.2) is 4.79 Å². The molecule has 0 bridgehead atoms. The van der Waals surface area contributed by atoms with Gasteiger partial charge in [0.25, 0.3) is 0 Å². The van der Waals surface area contributed by atoms with Crippen molar-refractivity contribution in [3.8, 4) is 5.69 Å². The number of halogens is 4. The van der Waals surface area contributed by atoms with Gasteiger partial charge < -0.3 is 16.5 Å². The van der Waals surface area contributed by atoms with Crippen LogP contribution in [0.3, 0.4) is 0 Å². The summed E-state index contributed by atoms with van der Waals surface area (Å²) in [5.41, 5.74) is 11.5. The first-order valence-electron chi connectivity index (χ1n) is 14.5. The average Bonchev–Trinajstić information content (AvgIpc) is 3.32. The zero-order valence-corrected chi connectivity index (χ0v) is 28.0. The molecule has 240 valence electrons. The van der Waals surface area contributed by atoms with Crippen LogP contribution in [0.25, 0.3) is 16.7 Å². The SMILES string of the molecule is CC(C)(C)c1cc2cn(-c3ccc(CN)cc3)c(=O)nc2[nH]1.C[C@H](N)CCCc1cc(SC(F)(F)F)c(Cl)c(C(C)(C)C)c1. The van der Waals surface area contributed by atoms with Crippen LogP contribution in [0.1, 0.15) is 83.7 Å². The topological polar surface area (TPSA) is 103 Å². The number of benzene rings is 2. The lowest BCUT2D eigenvalue weighted by molar-refractivity contribution is -0.0328. The van der Waals surface area contributed by atoms with Gasteiger partial charge in [0, 0.05) is 40.2 Å². The maximum absolute atomic E-state index is 12.7. The van der Waals surface area contributed by atoms with Crippen LogP contribution in [0.2, 0.25) is 5.02 Å². The van der Waals surface area contributed by atoms with E-state index in [0.29, 0.717) is 18.6 Å². The second kappa shape index (κ2) is 14.1. The average molecular weight is 650 g/mol. The molecule has 2 aromatic carbocycles. The first kappa shape index (κ1) is 35.7. The molecule has 0 fully saturated rings. The Morgan fingerprint density at radius 3 is 2.16 bits per heavy atom. The van der Waals surface area contributed by atoms with Crippen LogP contribution in [0.15, 0.2) is 58.4 Å². The highest BCUT2D eigenvalue weighted by atomic mass is 35.5. The summed E-state index contributed by atoms with van der Waals surface area (Å²) in [7, 11) is 0. The van der Waals surface area contributed by atoms with E-state index in [2.05, 4.69) is 30.7 Å². The Bertz CT molecular complexity index is 1610. The quantitative estimate of drug-likeness (QED) is 0.175. The van der Waals surface area contributed by atoms with Gasteiger partial charge in [0.1, 0.15) is 5.65 Å². The molecule has 2 heterocycles. The number of hydrogen-bond donors (Lipinski definition) is 3. The van der Waals surface area contributed by atoms with Crippen molar-refractivity contribution >= 4 is 34.4 Å². The number of hydrogen-bond acceptors (Lipinski definition) is 5. The van der Waals surface area contributed by atoms with Gasteiger partial charge >= 0.3 is 11.2 Å². The number of nitrogens with zero attached hydrogens (tertiary/aromatic N) is 2. The fourth-order valence-electron chi connectivity index (χ4n) is 4.55. The first-order valence-corrected chi connectivity index (χ1v) is 15.7. The number of nitrogens with two attached hydrogens (primary N) is 2. The van der Waals surface area contributed by atoms with Gasteiger partial charge in [-0.05, 0) is 84.3 Å². The second-order valence-corrected chi connectivity index (χ2v) is 14.6. The van der Waals surface area contributed by atoms with Crippen molar-refractivity contribution in [3.63, 3.8) is 0 Å². The number of aromatic amines is 1. The Hall–Kier alpha value is -2.79. The van der Waals surface area contributed by atoms with E-state index in [-0.39, 0.29) is 44.2 Å².